The first-order valence-corrected chi connectivity index (χ1v) is 20.5. The normalized spacial score (nSPS) is 11.4. The van der Waals surface area contributed by atoms with E-state index in [1.54, 1.807) is 9.36 Å². The van der Waals surface area contributed by atoms with Crippen LogP contribution in [0.5, 0.6) is 11.5 Å². The van der Waals surface area contributed by atoms with Crippen molar-refractivity contribution in [3.63, 3.8) is 0 Å². The van der Waals surface area contributed by atoms with Crippen molar-refractivity contribution in [1.29, 1.82) is 0 Å². The number of unbranched alkanes of at least 4 members (excludes halogenated alkanes) is 14. The molecule has 0 unspecified atom stereocenters. The molecule has 6 aromatic rings. The van der Waals surface area contributed by atoms with Gasteiger partial charge in [-0.3, -0.25) is 0 Å². The second-order valence-corrected chi connectivity index (χ2v) is 14.4. The van der Waals surface area contributed by atoms with E-state index in [1.807, 2.05) is 73.1 Å². The molecule has 0 saturated carbocycles. The minimum Gasteiger partial charge on any atom is -0.494 e. The molecule has 0 spiro atoms. The molecule has 0 saturated heterocycles. The van der Waals surface area contributed by atoms with Crippen molar-refractivity contribution in [2.45, 2.75) is 117 Å². The summed E-state index contributed by atoms with van der Waals surface area (Å²) in [5.41, 5.74) is 6.51. The van der Waals surface area contributed by atoms with Gasteiger partial charge >= 0.3 is 0 Å². The second kappa shape index (κ2) is 20.6. The summed E-state index contributed by atoms with van der Waals surface area (Å²) in [4.78, 5) is 0. The molecule has 0 aliphatic carbocycles. The van der Waals surface area contributed by atoms with Crippen LogP contribution >= 0.6 is 11.7 Å². The van der Waals surface area contributed by atoms with Crippen LogP contribution < -0.4 is 9.47 Å². The van der Waals surface area contributed by atoms with E-state index in [1.165, 1.54) is 102 Å². The van der Waals surface area contributed by atoms with Gasteiger partial charge in [0.2, 0.25) is 0 Å². The Kier molecular flexibility index (Phi) is 14.8. The Morgan fingerprint density at radius 1 is 0.472 bits per heavy atom. The van der Waals surface area contributed by atoms with Gasteiger partial charge in [-0.25, -0.2) is 9.36 Å². The third-order valence-electron chi connectivity index (χ3n) is 9.69. The van der Waals surface area contributed by atoms with E-state index >= 15 is 0 Å². The second-order valence-electron chi connectivity index (χ2n) is 13.9. The van der Waals surface area contributed by atoms with Gasteiger partial charge in [0.15, 0.2) is 0 Å². The fourth-order valence-electron chi connectivity index (χ4n) is 6.55. The number of aromatic nitrogens is 8. The number of rotatable bonds is 24. The third-order valence-corrected chi connectivity index (χ3v) is 10.2. The van der Waals surface area contributed by atoms with Crippen molar-refractivity contribution in [2.75, 3.05) is 13.2 Å². The predicted octanol–water partition coefficient (Wildman–Crippen LogP) is 11.2. The molecule has 3 aromatic carbocycles. The molecule has 3 heterocycles. The van der Waals surface area contributed by atoms with Gasteiger partial charge in [-0.05, 0) is 73.5 Å². The van der Waals surface area contributed by atoms with Gasteiger partial charge in [0.25, 0.3) is 0 Å². The van der Waals surface area contributed by atoms with E-state index in [-0.39, 0.29) is 0 Å². The molecule has 3 aromatic heterocycles. The molecule has 0 N–H and O–H groups in total. The highest BCUT2D eigenvalue weighted by Gasteiger charge is 2.18. The van der Waals surface area contributed by atoms with Crippen LogP contribution in [0.15, 0.2) is 73.1 Å². The van der Waals surface area contributed by atoms with Gasteiger partial charge in [0, 0.05) is 11.1 Å². The summed E-state index contributed by atoms with van der Waals surface area (Å²) in [6.07, 6.45) is 24.4. The molecule has 0 atom stereocenters. The van der Waals surface area contributed by atoms with Crippen molar-refractivity contribution >= 4 is 22.8 Å². The van der Waals surface area contributed by atoms with E-state index in [2.05, 4.69) is 43.2 Å². The van der Waals surface area contributed by atoms with Crippen LogP contribution in [0, 0.1) is 0 Å². The Morgan fingerprint density at radius 3 is 1.25 bits per heavy atom. The van der Waals surface area contributed by atoms with Crippen molar-refractivity contribution in [3.05, 3.63) is 73.1 Å². The number of benzene rings is 3. The largest absolute Gasteiger partial charge is 0.494 e. The monoisotopic (exact) mass is 734 g/mol. The zero-order chi connectivity index (χ0) is 36.5. The SMILES string of the molecule is CCCCCCCCCCOc1ccc(-n2cc(-c3ccc(-c4cn(-c5ccc(OCCCCCCCCCC)cc5)nn4)c4nsnc34)nn2)cc1. The highest BCUT2D eigenvalue weighted by molar-refractivity contribution is 7.00. The van der Waals surface area contributed by atoms with Crippen LogP contribution in [-0.2, 0) is 0 Å². The molecule has 0 aliphatic rings. The number of ether oxygens (including phenoxy) is 2. The van der Waals surface area contributed by atoms with Crippen LogP contribution in [-0.4, -0.2) is 51.9 Å². The van der Waals surface area contributed by atoms with Gasteiger partial charge < -0.3 is 9.47 Å². The minimum absolute atomic E-state index is 0.720. The smallest absolute Gasteiger partial charge is 0.119 e. The average Bonchev–Trinajstić information content (AvgIpc) is 3.99. The van der Waals surface area contributed by atoms with Crippen molar-refractivity contribution < 1.29 is 9.47 Å². The molecule has 0 fully saturated rings. The molecular weight excluding hydrogens is 681 g/mol. The predicted molar refractivity (Wildman–Crippen MR) is 214 cm³/mol. The Morgan fingerprint density at radius 2 is 0.849 bits per heavy atom. The third kappa shape index (κ3) is 10.9. The first-order chi connectivity index (χ1) is 26.2. The van der Waals surface area contributed by atoms with Gasteiger partial charge in [0.05, 0.1) is 48.7 Å². The number of hydrogen-bond donors (Lipinski definition) is 0. The Balaban J connectivity index is 1.01. The van der Waals surface area contributed by atoms with E-state index in [4.69, 9.17) is 9.47 Å². The number of fused-ring (bicyclic) bond motifs is 1. The Hall–Kier alpha value is -4.64. The maximum Gasteiger partial charge on any atom is 0.119 e. The molecule has 11 heteroatoms. The molecule has 0 amide bonds. The molecule has 6 rings (SSSR count). The molecule has 0 bridgehead atoms. The van der Waals surface area contributed by atoms with Gasteiger partial charge in [-0.2, -0.15) is 8.75 Å². The highest BCUT2D eigenvalue weighted by atomic mass is 32.1. The summed E-state index contributed by atoms with van der Waals surface area (Å²) in [5.74, 6) is 1.74. The quantitative estimate of drug-likeness (QED) is 0.0566. The first-order valence-electron chi connectivity index (χ1n) is 19.8. The summed E-state index contributed by atoms with van der Waals surface area (Å²) in [7, 11) is 0. The van der Waals surface area contributed by atoms with Gasteiger partial charge in [-0.1, -0.05) is 114 Å². The number of hydrogen-bond acceptors (Lipinski definition) is 9. The van der Waals surface area contributed by atoms with E-state index in [0.29, 0.717) is 0 Å². The first kappa shape index (κ1) is 38.1. The zero-order valence-corrected chi connectivity index (χ0v) is 32.3. The fourth-order valence-corrected chi connectivity index (χ4v) is 7.12. The lowest BCUT2D eigenvalue weighted by Gasteiger charge is -2.07. The Labute approximate surface area is 318 Å². The molecular formula is C42H54N8O2S. The lowest BCUT2D eigenvalue weighted by atomic mass is 10.0. The summed E-state index contributed by atoms with van der Waals surface area (Å²) in [5, 5.41) is 17.8. The maximum absolute atomic E-state index is 5.99. The van der Waals surface area contributed by atoms with E-state index in [9.17, 15) is 0 Å². The van der Waals surface area contributed by atoms with E-state index < -0.39 is 0 Å². The summed E-state index contributed by atoms with van der Waals surface area (Å²) < 4.78 is 24.8. The standard InChI is InChI=1S/C42H54N8O2S/c1-3-5-7-9-11-13-15-17-29-51-35-23-19-33(20-24-35)49-31-39(43-47-49)37-27-28-38(42-41(37)45-53-46-42)40-32-50(48-44-40)34-21-25-36(26-22-34)52-30-18-16-14-12-10-8-6-4-2/h19-28,31-32H,3-18,29-30H2,1-2H3. The van der Waals surface area contributed by atoms with Crippen LogP contribution in [0.4, 0.5) is 0 Å². The van der Waals surface area contributed by atoms with Crippen LogP contribution in [0.25, 0.3) is 44.9 Å². The van der Waals surface area contributed by atoms with Crippen molar-refractivity contribution in [1.82, 2.24) is 38.7 Å². The van der Waals surface area contributed by atoms with Crippen LogP contribution in [0.1, 0.15) is 117 Å². The minimum atomic E-state index is 0.720. The maximum atomic E-state index is 5.99. The van der Waals surface area contributed by atoms with Crippen LogP contribution in [0.3, 0.4) is 0 Å². The molecule has 53 heavy (non-hydrogen) atoms. The average molecular weight is 735 g/mol. The van der Waals surface area contributed by atoms with E-state index in [0.717, 1.165) is 82.5 Å². The Bertz CT molecular complexity index is 1800. The zero-order valence-electron chi connectivity index (χ0n) is 31.5. The summed E-state index contributed by atoms with van der Waals surface area (Å²) in [6.45, 7) is 6.01. The lowest BCUT2D eigenvalue weighted by Crippen LogP contribution is -1.98. The molecule has 10 nitrogen and oxygen atoms in total. The van der Waals surface area contributed by atoms with Crippen molar-refractivity contribution in [3.8, 4) is 45.4 Å². The van der Waals surface area contributed by atoms with Crippen LogP contribution in [0.2, 0.25) is 0 Å². The van der Waals surface area contributed by atoms with Gasteiger partial charge in [0.1, 0.15) is 33.9 Å². The van der Waals surface area contributed by atoms with Crippen molar-refractivity contribution in [2.24, 2.45) is 0 Å². The number of nitrogens with zero attached hydrogens (tertiary/aromatic N) is 8. The fraction of sp³-hybridized carbons (Fsp3) is 0.476. The summed E-state index contributed by atoms with van der Waals surface area (Å²) in [6, 6.07) is 20.0. The van der Waals surface area contributed by atoms with Gasteiger partial charge in [-0.15, -0.1) is 10.2 Å². The molecule has 280 valence electrons. The summed E-state index contributed by atoms with van der Waals surface area (Å²) >= 11 is 1.17. The highest BCUT2D eigenvalue weighted by Crippen LogP contribution is 2.33. The molecule has 0 radical (unpaired) electrons. The molecule has 0 aliphatic heterocycles. The lowest BCUT2D eigenvalue weighted by molar-refractivity contribution is 0.304. The topological polar surface area (TPSA) is 106 Å².